The number of aromatic amines is 1. The molecule has 246 valence electrons. The van der Waals surface area contributed by atoms with E-state index in [-0.39, 0.29) is 28.5 Å². The number of esters is 3. The Labute approximate surface area is 273 Å². The number of fused-ring (bicyclic) bond motifs is 1. The quantitative estimate of drug-likeness (QED) is 0.184. The first-order valence-electron chi connectivity index (χ1n) is 15.0. The van der Waals surface area contributed by atoms with Crippen LogP contribution < -0.4 is 11.3 Å². The van der Waals surface area contributed by atoms with Crippen molar-refractivity contribution < 1.29 is 33.3 Å². The molecule has 1 aliphatic rings. The summed E-state index contributed by atoms with van der Waals surface area (Å²) in [5.41, 5.74) is 6.63. The standard InChI is InChI=1S/C34H32N6O8/c1-18-5-11-21(12-6-18)30(42)45-17-24-25(47-31(43)22-13-7-19(2)8-14-22)34(4,48-32(44)23-15-9-20(3)10-16-23)26(46-24)27-37-38-28-29(41)36-33(35)39-40(27)28/h5-16,24-26H,17H2,1-4H3,(H3,35,36,39,41)/t24-,25-,26?,34-/m1/s1. The smallest absolute Gasteiger partial charge is 0.338 e. The monoisotopic (exact) mass is 652 g/mol. The normalized spacial score (nSPS) is 20.4. The van der Waals surface area contributed by atoms with Gasteiger partial charge in [0, 0.05) is 0 Å². The second-order valence-electron chi connectivity index (χ2n) is 11.8. The van der Waals surface area contributed by atoms with Crippen LogP contribution in [0.5, 0.6) is 0 Å². The van der Waals surface area contributed by atoms with Gasteiger partial charge < -0.3 is 24.7 Å². The molecule has 0 bridgehead atoms. The summed E-state index contributed by atoms with van der Waals surface area (Å²) in [4.78, 5) is 55.3. The molecular formula is C34H32N6O8. The molecule has 2 aromatic heterocycles. The number of nitrogens with two attached hydrogens (primary N) is 1. The fourth-order valence-corrected chi connectivity index (χ4v) is 5.40. The number of carbonyl (C=O) groups excluding carboxylic acids is 3. The zero-order valence-corrected chi connectivity index (χ0v) is 26.5. The maximum absolute atomic E-state index is 13.7. The van der Waals surface area contributed by atoms with Crippen molar-refractivity contribution in [2.24, 2.45) is 0 Å². The van der Waals surface area contributed by atoms with Gasteiger partial charge in [0.2, 0.25) is 11.6 Å². The van der Waals surface area contributed by atoms with Crippen LogP contribution in [0.3, 0.4) is 0 Å². The summed E-state index contributed by atoms with van der Waals surface area (Å²) in [6.45, 7) is 6.71. The minimum Gasteiger partial charge on any atom is -0.459 e. The number of ether oxygens (including phenoxy) is 4. The minimum atomic E-state index is -1.84. The summed E-state index contributed by atoms with van der Waals surface area (Å²) in [6, 6.07) is 20.1. The lowest BCUT2D eigenvalue weighted by Gasteiger charge is -2.33. The summed E-state index contributed by atoms with van der Waals surface area (Å²) >= 11 is 0. The zero-order chi connectivity index (χ0) is 34.2. The number of nitrogens with one attached hydrogen (secondary N) is 1. The van der Waals surface area contributed by atoms with Crippen molar-refractivity contribution in [3.63, 3.8) is 0 Å². The molecule has 0 radical (unpaired) electrons. The van der Waals surface area contributed by atoms with E-state index in [0.29, 0.717) is 5.56 Å². The average molecular weight is 653 g/mol. The number of nitrogens with zero attached hydrogens (tertiary/aromatic N) is 4. The molecule has 0 aliphatic carbocycles. The highest BCUT2D eigenvalue weighted by atomic mass is 16.7. The fourth-order valence-electron chi connectivity index (χ4n) is 5.40. The number of nitrogen functional groups attached to an aromatic ring is 1. The van der Waals surface area contributed by atoms with Crippen molar-refractivity contribution in [3.05, 3.63) is 122 Å². The van der Waals surface area contributed by atoms with E-state index in [2.05, 4.69) is 20.3 Å². The molecule has 4 atom stereocenters. The molecule has 14 heteroatoms. The van der Waals surface area contributed by atoms with Crippen LogP contribution in [-0.2, 0) is 18.9 Å². The molecule has 0 spiro atoms. The number of aromatic nitrogens is 5. The zero-order valence-electron chi connectivity index (χ0n) is 26.5. The van der Waals surface area contributed by atoms with E-state index >= 15 is 0 Å². The molecule has 0 amide bonds. The van der Waals surface area contributed by atoms with Gasteiger partial charge in [-0.25, -0.2) is 14.4 Å². The number of anilines is 1. The lowest BCUT2D eigenvalue weighted by molar-refractivity contribution is -0.0908. The Morgan fingerprint density at radius 1 is 0.833 bits per heavy atom. The Morgan fingerprint density at radius 2 is 1.35 bits per heavy atom. The first-order chi connectivity index (χ1) is 22.9. The molecule has 6 rings (SSSR count). The fraction of sp³-hybridized carbons (Fsp3) is 0.265. The van der Waals surface area contributed by atoms with E-state index in [4.69, 9.17) is 24.7 Å². The molecule has 1 unspecified atom stereocenters. The van der Waals surface area contributed by atoms with Crippen LogP contribution in [-0.4, -0.2) is 67.1 Å². The number of hydrogen-bond donors (Lipinski definition) is 2. The Morgan fingerprint density at radius 3 is 1.92 bits per heavy atom. The van der Waals surface area contributed by atoms with Gasteiger partial charge in [0.15, 0.2) is 23.6 Å². The third-order valence-corrected chi connectivity index (χ3v) is 8.07. The Kier molecular flexibility index (Phi) is 8.50. The average Bonchev–Trinajstić information content (AvgIpc) is 3.59. The summed E-state index contributed by atoms with van der Waals surface area (Å²) in [7, 11) is 0. The van der Waals surface area contributed by atoms with Crippen LogP contribution in [0, 0.1) is 20.8 Å². The van der Waals surface area contributed by atoms with Crippen LogP contribution >= 0.6 is 0 Å². The molecule has 5 aromatic rings. The number of H-pyrrole nitrogens is 1. The Balaban J connectivity index is 1.43. The summed E-state index contributed by atoms with van der Waals surface area (Å²) in [5.74, 6) is -2.49. The molecule has 0 saturated carbocycles. The van der Waals surface area contributed by atoms with E-state index in [9.17, 15) is 19.2 Å². The van der Waals surface area contributed by atoms with Crippen LogP contribution in [0.4, 0.5) is 5.95 Å². The molecule has 48 heavy (non-hydrogen) atoms. The Bertz CT molecular complexity index is 2060. The van der Waals surface area contributed by atoms with Crippen molar-refractivity contribution in [2.45, 2.75) is 51.6 Å². The third-order valence-electron chi connectivity index (χ3n) is 8.07. The Hall–Kier alpha value is -5.89. The van der Waals surface area contributed by atoms with Crippen molar-refractivity contribution in [1.29, 1.82) is 0 Å². The summed E-state index contributed by atoms with van der Waals surface area (Å²) < 4.78 is 25.3. The maximum Gasteiger partial charge on any atom is 0.338 e. The predicted molar refractivity (Wildman–Crippen MR) is 170 cm³/mol. The number of aryl methyl sites for hydroxylation is 3. The first-order valence-corrected chi connectivity index (χ1v) is 15.0. The third kappa shape index (κ3) is 6.25. The second-order valence-corrected chi connectivity index (χ2v) is 11.8. The molecule has 3 N–H and O–H groups in total. The van der Waals surface area contributed by atoms with Crippen molar-refractivity contribution in [1.82, 2.24) is 24.8 Å². The molecule has 14 nitrogen and oxygen atoms in total. The van der Waals surface area contributed by atoms with Gasteiger partial charge >= 0.3 is 17.9 Å². The largest absolute Gasteiger partial charge is 0.459 e. The second kappa shape index (κ2) is 12.7. The number of rotatable bonds is 8. The van der Waals surface area contributed by atoms with Gasteiger partial charge in [0.05, 0.1) is 16.7 Å². The van der Waals surface area contributed by atoms with Gasteiger partial charge in [-0.2, -0.15) is 4.52 Å². The lowest BCUT2D eigenvalue weighted by Crippen LogP contribution is -2.50. The highest BCUT2D eigenvalue weighted by Gasteiger charge is 2.61. The highest BCUT2D eigenvalue weighted by Crippen LogP contribution is 2.46. The van der Waals surface area contributed by atoms with Gasteiger partial charge in [0.25, 0.3) is 5.56 Å². The molecule has 1 saturated heterocycles. The molecule has 1 fully saturated rings. The van der Waals surface area contributed by atoms with E-state index in [0.717, 1.165) is 21.2 Å². The van der Waals surface area contributed by atoms with Gasteiger partial charge in [-0.1, -0.05) is 53.1 Å². The number of carbonyl (C=O) groups is 3. The molecule has 1 aliphatic heterocycles. The molecule has 3 heterocycles. The van der Waals surface area contributed by atoms with Gasteiger partial charge in [-0.05, 0) is 64.1 Å². The van der Waals surface area contributed by atoms with Crippen LogP contribution in [0.2, 0.25) is 0 Å². The number of benzene rings is 3. The van der Waals surface area contributed by atoms with Crippen LogP contribution in [0.1, 0.15) is 66.6 Å². The predicted octanol–water partition coefficient (Wildman–Crippen LogP) is 3.46. The van der Waals surface area contributed by atoms with Crippen LogP contribution in [0.25, 0.3) is 5.65 Å². The van der Waals surface area contributed by atoms with Crippen molar-refractivity contribution in [2.75, 3.05) is 12.3 Å². The highest BCUT2D eigenvalue weighted by molar-refractivity contribution is 5.91. The minimum absolute atomic E-state index is 0.0780. The SMILES string of the molecule is Cc1ccc(C(=O)OC[C@H]2OC(c3nnc4c(=O)[nH]c(N)nn34)[C@](C)(OC(=O)c3ccc(C)cc3)[C@@H]2OC(=O)c2ccc(C)cc2)cc1. The summed E-state index contributed by atoms with van der Waals surface area (Å²) in [5, 5.41) is 12.2. The first kappa shape index (κ1) is 32.1. The lowest BCUT2D eigenvalue weighted by atomic mass is 9.91. The van der Waals surface area contributed by atoms with Gasteiger partial charge in [0.1, 0.15) is 12.7 Å². The molecule has 3 aromatic carbocycles. The number of hydrogen-bond acceptors (Lipinski definition) is 12. The van der Waals surface area contributed by atoms with Gasteiger partial charge in [-0.15, -0.1) is 15.3 Å². The molecular weight excluding hydrogens is 620 g/mol. The van der Waals surface area contributed by atoms with E-state index in [1.807, 2.05) is 20.8 Å². The van der Waals surface area contributed by atoms with Crippen molar-refractivity contribution >= 4 is 29.5 Å². The van der Waals surface area contributed by atoms with Gasteiger partial charge in [-0.3, -0.25) is 9.78 Å². The van der Waals surface area contributed by atoms with E-state index < -0.39 is 54.0 Å². The van der Waals surface area contributed by atoms with E-state index in [1.54, 1.807) is 72.8 Å². The van der Waals surface area contributed by atoms with Crippen LogP contribution in [0.15, 0.2) is 77.6 Å². The maximum atomic E-state index is 13.7. The summed E-state index contributed by atoms with van der Waals surface area (Å²) in [6.07, 6.45) is -3.92. The topological polar surface area (TPSA) is 190 Å². The van der Waals surface area contributed by atoms with Crippen molar-refractivity contribution in [3.8, 4) is 0 Å². The van der Waals surface area contributed by atoms with E-state index in [1.165, 1.54) is 6.92 Å².